The summed E-state index contributed by atoms with van der Waals surface area (Å²) in [6.45, 7) is 3.88. The molecule has 0 saturated carbocycles. The highest BCUT2D eigenvalue weighted by atomic mass is 79.9. The van der Waals surface area contributed by atoms with E-state index in [9.17, 15) is 4.79 Å². The van der Waals surface area contributed by atoms with E-state index in [-0.39, 0.29) is 12.5 Å². The Morgan fingerprint density at radius 3 is 2.62 bits per heavy atom. The van der Waals surface area contributed by atoms with Gasteiger partial charge in [0.1, 0.15) is 5.75 Å². The third-order valence-corrected chi connectivity index (χ3v) is 5.19. The maximum Gasteiger partial charge on any atom is 0.262 e. The van der Waals surface area contributed by atoms with E-state index in [1.54, 1.807) is 6.21 Å². The van der Waals surface area contributed by atoms with Crippen LogP contribution in [0.25, 0.3) is 0 Å². The zero-order chi connectivity index (χ0) is 20.8. The van der Waals surface area contributed by atoms with Crippen molar-refractivity contribution in [2.45, 2.75) is 13.8 Å². The Hall–Kier alpha value is -2.44. The lowest BCUT2D eigenvalue weighted by Gasteiger charge is -2.12. The number of rotatable bonds is 6. The smallest absolute Gasteiger partial charge is 0.262 e. The molecule has 1 N–H and O–H groups in total. The molecule has 0 fully saturated rings. The number of aliphatic imine (C=N–C) groups is 1. The van der Waals surface area contributed by atoms with Crippen molar-refractivity contribution in [2.75, 3.05) is 11.9 Å². The number of nitrogens with one attached hydrogen (secondary N) is 1. The van der Waals surface area contributed by atoms with E-state index < -0.39 is 0 Å². The molecule has 0 radical (unpaired) electrons. The molecule has 0 heterocycles. The van der Waals surface area contributed by atoms with Crippen LogP contribution in [0.15, 0.2) is 74.6 Å². The first-order valence-corrected chi connectivity index (χ1v) is 10.6. The number of para-hydroxylation sites is 1. The first-order valence-electron chi connectivity index (χ1n) is 9.00. The molecule has 0 aliphatic rings. The summed E-state index contributed by atoms with van der Waals surface area (Å²) >= 11 is 7.01. The zero-order valence-corrected chi connectivity index (χ0v) is 19.2. The molecule has 0 aliphatic carbocycles. The third-order valence-electron chi connectivity index (χ3n) is 4.14. The van der Waals surface area contributed by atoms with Gasteiger partial charge in [0.25, 0.3) is 5.91 Å². The summed E-state index contributed by atoms with van der Waals surface area (Å²) < 4.78 is 7.45. The Labute approximate surface area is 187 Å². The fourth-order valence-electron chi connectivity index (χ4n) is 2.73. The number of amides is 1. The van der Waals surface area contributed by atoms with Gasteiger partial charge in [-0.05, 0) is 71.2 Å². The molecule has 1 amide bonds. The highest BCUT2D eigenvalue weighted by Crippen LogP contribution is 2.32. The quantitative estimate of drug-likeness (QED) is 0.376. The van der Waals surface area contributed by atoms with Gasteiger partial charge in [0.05, 0.1) is 10.2 Å². The maximum absolute atomic E-state index is 12.3. The largest absolute Gasteiger partial charge is 0.482 e. The first kappa shape index (κ1) is 21.3. The minimum Gasteiger partial charge on any atom is -0.482 e. The fraction of sp³-hybridized carbons (Fsp3) is 0.130. The van der Waals surface area contributed by atoms with Crippen LogP contribution < -0.4 is 10.1 Å². The highest BCUT2D eigenvalue weighted by molar-refractivity contribution is 9.11. The van der Waals surface area contributed by atoms with Crippen LogP contribution in [0, 0.1) is 13.8 Å². The van der Waals surface area contributed by atoms with Gasteiger partial charge in [-0.2, -0.15) is 0 Å². The molecule has 4 nitrogen and oxygen atoms in total. The summed E-state index contributed by atoms with van der Waals surface area (Å²) in [5.74, 6) is 0.331. The molecule has 3 aromatic rings. The van der Waals surface area contributed by atoms with Gasteiger partial charge in [-0.15, -0.1) is 0 Å². The van der Waals surface area contributed by atoms with Gasteiger partial charge in [-0.25, -0.2) is 0 Å². The van der Waals surface area contributed by atoms with Crippen molar-refractivity contribution >= 4 is 55.4 Å². The van der Waals surface area contributed by atoms with Crippen LogP contribution in [0.4, 0.5) is 11.4 Å². The molecule has 0 atom stereocenters. The fourth-order valence-corrected chi connectivity index (χ4v) is 4.11. The summed E-state index contributed by atoms with van der Waals surface area (Å²) in [4.78, 5) is 16.9. The van der Waals surface area contributed by atoms with Crippen LogP contribution in [0.1, 0.15) is 16.7 Å². The third kappa shape index (κ3) is 6.02. The number of hydrogen-bond acceptors (Lipinski definition) is 3. The average Bonchev–Trinajstić information content (AvgIpc) is 2.66. The van der Waals surface area contributed by atoms with Gasteiger partial charge in [0, 0.05) is 21.9 Å². The molecule has 0 spiro atoms. The number of ether oxygens (including phenoxy) is 1. The minimum atomic E-state index is -0.229. The van der Waals surface area contributed by atoms with E-state index in [0.29, 0.717) is 5.75 Å². The van der Waals surface area contributed by atoms with E-state index in [4.69, 9.17) is 4.74 Å². The topological polar surface area (TPSA) is 50.7 Å². The molecule has 0 unspecified atom stereocenters. The van der Waals surface area contributed by atoms with Gasteiger partial charge < -0.3 is 10.1 Å². The number of nitrogens with zero attached hydrogens (tertiary/aromatic N) is 1. The monoisotopic (exact) mass is 514 g/mol. The molecular formula is C23H20Br2N2O2. The van der Waals surface area contributed by atoms with E-state index in [0.717, 1.165) is 37.0 Å². The van der Waals surface area contributed by atoms with E-state index in [2.05, 4.69) is 42.2 Å². The van der Waals surface area contributed by atoms with E-state index in [1.165, 1.54) is 0 Å². The van der Waals surface area contributed by atoms with Crippen molar-refractivity contribution in [3.8, 4) is 5.75 Å². The Bertz CT molecular complexity index is 1060. The van der Waals surface area contributed by atoms with Gasteiger partial charge in [-0.3, -0.25) is 9.79 Å². The molecule has 3 aromatic carbocycles. The number of carbonyl (C=O) groups is 1. The van der Waals surface area contributed by atoms with Gasteiger partial charge in [0.15, 0.2) is 6.61 Å². The van der Waals surface area contributed by atoms with Crippen LogP contribution in [0.3, 0.4) is 0 Å². The Morgan fingerprint density at radius 1 is 1.07 bits per heavy atom. The standard InChI is InChI=1S/C23H20Br2N2O2/c1-15-6-5-8-19(10-15)27-22(28)14-29-23-17(11-18(24)12-20(23)25)13-26-21-9-4-3-7-16(21)2/h3-13H,14H2,1-2H3,(H,27,28). The lowest BCUT2D eigenvalue weighted by molar-refractivity contribution is -0.118. The number of hydrogen-bond donors (Lipinski definition) is 1. The summed E-state index contributed by atoms with van der Waals surface area (Å²) in [5.41, 5.74) is 4.55. The summed E-state index contributed by atoms with van der Waals surface area (Å²) in [6, 6.07) is 19.3. The number of benzene rings is 3. The second-order valence-corrected chi connectivity index (χ2v) is 8.33. The van der Waals surface area contributed by atoms with Crippen LogP contribution in [-0.4, -0.2) is 18.7 Å². The van der Waals surface area contributed by atoms with Crippen LogP contribution >= 0.6 is 31.9 Å². The lowest BCUT2D eigenvalue weighted by Crippen LogP contribution is -2.20. The van der Waals surface area contributed by atoms with Gasteiger partial charge in [0.2, 0.25) is 0 Å². The van der Waals surface area contributed by atoms with E-state index >= 15 is 0 Å². The minimum absolute atomic E-state index is 0.112. The Kier molecular flexibility index (Phi) is 7.23. The van der Waals surface area contributed by atoms with Gasteiger partial charge in [-0.1, -0.05) is 46.3 Å². The molecule has 0 bridgehead atoms. The Morgan fingerprint density at radius 2 is 1.86 bits per heavy atom. The SMILES string of the molecule is Cc1cccc(NC(=O)COc2c(Br)cc(Br)cc2C=Nc2ccccc2C)c1. The normalized spacial score (nSPS) is 10.9. The predicted octanol–water partition coefficient (Wildman–Crippen LogP) is 6.60. The molecule has 0 aromatic heterocycles. The average molecular weight is 516 g/mol. The van der Waals surface area contributed by atoms with Crippen molar-refractivity contribution < 1.29 is 9.53 Å². The van der Waals surface area contributed by atoms with E-state index in [1.807, 2.05) is 74.5 Å². The number of carbonyl (C=O) groups excluding carboxylic acids is 1. The van der Waals surface area contributed by atoms with Crippen molar-refractivity contribution in [1.82, 2.24) is 0 Å². The highest BCUT2D eigenvalue weighted by Gasteiger charge is 2.12. The second kappa shape index (κ2) is 9.85. The lowest BCUT2D eigenvalue weighted by atomic mass is 10.2. The zero-order valence-electron chi connectivity index (χ0n) is 16.1. The molecule has 29 heavy (non-hydrogen) atoms. The molecule has 148 valence electrons. The molecule has 6 heteroatoms. The summed E-state index contributed by atoms with van der Waals surface area (Å²) in [7, 11) is 0. The first-order chi connectivity index (χ1) is 13.9. The van der Waals surface area contributed by atoms with Crippen molar-refractivity contribution in [1.29, 1.82) is 0 Å². The van der Waals surface area contributed by atoms with Crippen molar-refractivity contribution in [3.05, 3.63) is 86.3 Å². The second-order valence-electron chi connectivity index (χ2n) is 6.56. The summed E-state index contributed by atoms with van der Waals surface area (Å²) in [5, 5.41) is 2.85. The Balaban J connectivity index is 1.76. The van der Waals surface area contributed by atoms with Crippen LogP contribution in [-0.2, 0) is 4.79 Å². The van der Waals surface area contributed by atoms with Gasteiger partial charge >= 0.3 is 0 Å². The molecule has 3 rings (SSSR count). The molecule has 0 aliphatic heterocycles. The number of anilines is 1. The van der Waals surface area contributed by atoms with Crippen LogP contribution in [0.5, 0.6) is 5.75 Å². The van der Waals surface area contributed by atoms with Crippen molar-refractivity contribution in [2.24, 2.45) is 4.99 Å². The van der Waals surface area contributed by atoms with Crippen molar-refractivity contribution in [3.63, 3.8) is 0 Å². The maximum atomic E-state index is 12.3. The predicted molar refractivity (Wildman–Crippen MR) is 126 cm³/mol. The number of halogens is 2. The summed E-state index contributed by atoms with van der Waals surface area (Å²) in [6.07, 6.45) is 1.74. The van der Waals surface area contributed by atoms with Crippen LogP contribution in [0.2, 0.25) is 0 Å². The number of aryl methyl sites for hydroxylation is 2. The molecular weight excluding hydrogens is 496 g/mol. The molecule has 0 saturated heterocycles.